The van der Waals surface area contributed by atoms with Crippen LogP contribution >= 0.6 is 0 Å². The third kappa shape index (κ3) is 6.29. The van der Waals surface area contributed by atoms with Crippen LogP contribution in [0.5, 0.6) is 5.75 Å². The van der Waals surface area contributed by atoms with Crippen LogP contribution in [0.1, 0.15) is 41.3 Å². The Bertz CT molecular complexity index is 792. The minimum absolute atomic E-state index is 0.0989. The standard InChI is InChI=1S/C22H25NO4/c1-4-5-14-27-22(25)20(15-17-8-12-19(26-3)13-9-17)23-21(24)18-10-6-16(2)7-11-18/h6-13,15H,4-5,14H2,1-3H3,(H,23,24)/b20-15-. The topological polar surface area (TPSA) is 64.6 Å². The van der Waals surface area contributed by atoms with Crippen LogP contribution in [0.2, 0.25) is 0 Å². The molecular weight excluding hydrogens is 342 g/mol. The molecule has 1 amide bonds. The fraction of sp³-hybridized carbons (Fsp3) is 0.273. The zero-order chi connectivity index (χ0) is 19.6. The fourth-order valence-corrected chi connectivity index (χ4v) is 2.30. The predicted molar refractivity (Wildman–Crippen MR) is 105 cm³/mol. The highest BCUT2D eigenvalue weighted by molar-refractivity contribution is 6.03. The Morgan fingerprint density at radius 2 is 1.70 bits per heavy atom. The van der Waals surface area contributed by atoms with Gasteiger partial charge in [-0.15, -0.1) is 0 Å². The second kappa shape index (κ2) is 10.2. The van der Waals surface area contributed by atoms with Crippen molar-refractivity contribution in [3.8, 4) is 5.75 Å². The van der Waals surface area contributed by atoms with Gasteiger partial charge in [0.1, 0.15) is 11.4 Å². The van der Waals surface area contributed by atoms with Crippen molar-refractivity contribution in [2.45, 2.75) is 26.7 Å². The number of methoxy groups -OCH3 is 1. The molecule has 0 heterocycles. The number of amides is 1. The van der Waals surface area contributed by atoms with Crippen LogP contribution in [-0.2, 0) is 9.53 Å². The molecule has 142 valence electrons. The molecule has 0 aliphatic rings. The molecule has 0 spiro atoms. The Morgan fingerprint density at radius 3 is 2.30 bits per heavy atom. The van der Waals surface area contributed by atoms with Gasteiger partial charge in [0, 0.05) is 5.56 Å². The van der Waals surface area contributed by atoms with Crippen molar-refractivity contribution in [2.24, 2.45) is 0 Å². The minimum Gasteiger partial charge on any atom is -0.497 e. The number of rotatable bonds is 8. The molecule has 0 saturated heterocycles. The van der Waals surface area contributed by atoms with E-state index in [9.17, 15) is 9.59 Å². The summed E-state index contributed by atoms with van der Waals surface area (Å²) in [4.78, 5) is 24.9. The predicted octanol–water partition coefficient (Wildman–Crippen LogP) is 4.12. The average molecular weight is 367 g/mol. The van der Waals surface area contributed by atoms with E-state index in [0.717, 1.165) is 24.0 Å². The lowest BCUT2D eigenvalue weighted by Crippen LogP contribution is -2.28. The van der Waals surface area contributed by atoms with E-state index in [1.165, 1.54) is 0 Å². The number of nitrogens with one attached hydrogen (secondary N) is 1. The molecule has 27 heavy (non-hydrogen) atoms. The van der Waals surface area contributed by atoms with Crippen molar-refractivity contribution in [1.82, 2.24) is 5.32 Å². The van der Waals surface area contributed by atoms with Gasteiger partial charge in [0.25, 0.3) is 5.91 Å². The zero-order valence-electron chi connectivity index (χ0n) is 16.0. The van der Waals surface area contributed by atoms with Crippen LogP contribution in [0.25, 0.3) is 6.08 Å². The van der Waals surface area contributed by atoms with Crippen molar-refractivity contribution in [1.29, 1.82) is 0 Å². The quantitative estimate of drug-likeness (QED) is 0.433. The maximum Gasteiger partial charge on any atom is 0.354 e. The van der Waals surface area contributed by atoms with E-state index in [0.29, 0.717) is 17.9 Å². The van der Waals surface area contributed by atoms with Gasteiger partial charge >= 0.3 is 5.97 Å². The second-order valence-electron chi connectivity index (χ2n) is 6.14. The third-order valence-corrected chi connectivity index (χ3v) is 3.94. The zero-order valence-corrected chi connectivity index (χ0v) is 16.0. The molecule has 0 unspecified atom stereocenters. The number of hydrogen-bond acceptors (Lipinski definition) is 4. The molecule has 0 saturated carbocycles. The van der Waals surface area contributed by atoms with Crippen LogP contribution in [0, 0.1) is 6.92 Å². The Kier molecular flexibility index (Phi) is 7.62. The van der Waals surface area contributed by atoms with Crippen LogP contribution in [0.4, 0.5) is 0 Å². The van der Waals surface area contributed by atoms with Crippen molar-refractivity contribution in [3.05, 3.63) is 70.9 Å². The summed E-state index contributed by atoms with van der Waals surface area (Å²) in [6.07, 6.45) is 3.29. The number of hydrogen-bond donors (Lipinski definition) is 1. The van der Waals surface area contributed by atoms with Gasteiger partial charge in [-0.2, -0.15) is 0 Å². The average Bonchev–Trinajstić information content (AvgIpc) is 2.68. The maximum absolute atomic E-state index is 12.5. The first kappa shape index (κ1) is 20.2. The molecule has 0 radical (unpaired) electrons. The number of ether oxygens (including phenoxy) is 2. The smallest absolute Gasteiger partial charge is 0.354 e. The van der Waals surface area contributed by atoms with Crippen molar-refractivity contribution < 1.29 is 19.1 Å². The number of esters is 1. The SMILES string of the molecule is CCCCOC(=O)/C(=C/c1ccc(OC)cc1)NC(=O)c1ccc(C)cc1. The Hall–Kier alpha value is -3.08. The molecule has 1 N–H and O–H groups in total. The van der Waals surface area contributed by atoms with Crippen LogP contribution < -0.4 is 10.1 Å². The van der Waals surface area contributed by atoms with E-state index in [2.05, 4.69) is 5.32 Å². The molecular formula is C22H25NO4. The summed E-state index contributed by atoms with van der Waals surface area (Å²) in [5, 5.41) is 2.67. The summed E-state index contributed by atoms with van der Waals surface area (Å²) in [5.41, 5.74) is 2.38. The lowest BCUT2D eigenvalue weighted by atomic mass is 10.1. The molecule has 0 aromatic heterocycles. The number of carbonyl (C=O) groups is 2. The highest BCUT2D eigenvalue weighted by atomic mass is 16.5. The van der Waals surface area contributed by atoms with Crippen molar-refractivity contribution in [3.63, 3.8) is 0 Å². The van der Waals surface area contributed by atoms with Crippen molar-refractivity contribution in [2.75, 3.05) is 13.7 Å². The monoisotopic (exact) mass is 367 g/mol. The highest BCUT2D eigenvalue weighted by Gasteiger charge is 2.16. The summed E-state index contributed by atoms with van der Waals surface area (Å²) in [6, 6.07) is 14.3. The van der Waals surface area contributed by atoms with Gasteiger partial charge in [-0.05, 0) is 49.2 Å². The molecule has 0 aliphatic carbocycles. The molecule has 5 heteroatoms. The van der Waals surface area contributed by atoms with Gasteiger partial charge in [0.2, 0.25) is 0 Å². The minimum atomic E-state index is -0.556. The summed E-state index contributed by atoms with van der Waals surface area (Å²) < 4.78 is 10.4. The van der Waals surface area contributed by atoms with Crippen molar-refractivity contribution >= 4 is 18.0 Å². The van der Waals surface area contributed by atoms with Gasteiger partial charge in [0.05, 0.1) is 13.7 Å². The van der Waals surface area contributed by atoms with E-state index < -0.39 is 5.97 Å². The summed E-state index contributed by atoms with van der Waals surface area (Å²) >= 11 is 0. The number of unbranched alkanes of at least 4 members (excludes halogenated alkanes) is 1. The molecule has 0 aliphatic heterocycles. The molecule has 2 aromatic rings. The van der Waals surface area contributed by atoms with E-state index >= 15 is 0 Å². The molecule has 5 nitrogen and oxygen atoms in total. The summed E-state index contributed by atoms with van der Waals surface area (Å²) in [6.45, 7) is 4.28. The molecule has 2 rings (SSSR count). The summed E-state index contributed by atoms with van der Waals surface area (Å²) in [7, 11) is 1.59. The van der Waals surface area contributed by atoms with Gasteiger partial charge in [-0.3, -0.25) is 4.79 Å². The second-order valence-corrected chi connectivity index (χ2v) is 6.14. The first-order chi connectivity index (χ1) is 13.0. The normalized spacial score (nSPS) is 11.0. The number of carbonyl (C=O) groups excluding carboxylic acids is 2. The van der Waals surface area contributed by atoms with E-state index in [1.807, 2.05) is 26.0 Å². The van der Waals surface area contributed by atoms with Crippen LogP contribution in [0.15, 0.2) is 54.2 Å². The first-order valence-electron chi connectivity index (χ1n) is 8.94. The molecule has 0 atom stereocenters. The van der Waals surface area contributed by atoms with Gasteiger partial charge in [0.15, 0.2) is 0 Å². The fourth-order valence-electron chi connectivity index (χ4n) is 2.30. The maximum atomic E-state index is 12.5. The third-order valence-electron chi connectivity index (χ3n) is 3.94. The van der Waals surface area contributed by atoms with Crippen LogP contribution in [0.3, 0.4) is 0 Å². The molecule has 2 aromatic carbocycles. The van der Waals surface area contributed by atoms with E-state index in [4.69, 9.17) is 9.47 Å². The van der Waals surface area contributed by atoms with Gasteiger partial charge < -0.3 is 14.8 Å². The number of benzene rings is 2. The van der Waals surface area contributed by atoms with E-state index in [1.54, 1.807) is 49.6 Å². The Labute approximate surface area is 160 Å². The molecule has 0 fully saturated rings. The Balaban J connectivity index is 2.22. The lowest BCUT2D eigenvalue weighted by Gasteiger charge is -2.11. The van der Waals surface area contributed by atoms with E-state index in [-0.39, 0.29) is 11.6 Å². The van der Waals surface area contributed by atoms with Crippen LogP contribution in [-0.4, -0.2) is 25.6 Å². The molecule has 0 bridgehead atoms. The lowest BCUT2D eigenvalue weighted by molar-refractivity contribution is -0.139. The van der Waals surface area contributed by atoms with Gasteiger partial charge in [-0.25, -0.2) is 4.79 Å². The first-order valence-corrected chi connectivity index (χ1v) is 8.94. The highest BCUT2D eigenvalue weighted by Crippen LogP contribution is 2.14. The number of aryl methyl sites for hydroxylation is 1. The van der Waals surface area contributed by atoms with Gasteiger partial charge in [-0.1, -0.05) is 43.2 Å². The Morgan fingerprint density at radius 1 is 1.04 bits per heavy atom. The largest absolute Gasteiger partial charge is 0.497 e. The summed E-state index contributed by atoms with van der Waals surface area (Å²) in [5.74, 6) is -0.204.